The molecule has 0 atom stereocenters. The van der Waals surface area contributed by atoms with Gasteiger partial charge in [-0.2, -0.15) is 10.2 Å². The van der Waals surface area contributed by atoms with Crippen molar-refractivity contribution in [2.24, 2.45) is 0 Å². The Kier molecular flexibility index (Phi) is 4.78. The first-order chi connectivity index (χ1) is 11.6. The van der Waals surface area contributed by atoms with Crippen molar-refractivity contribution in [1.29, 1.82) is 0 Å². The summed E-state index contributed by atoms with van der Waals surface area (Å²) in [7, 11) is 0. The standard InChI is InChI=1S/C17H25N7/c1-5-24-15-14(13(4)22-24)20-16(12(2)3)21-17(15)18-8-6-10-23-11-7-9-19-23/h7,9,11-12H,5-6,8,10H2,1-4H3,(H,18,20,21). The molecule has 0 spiro atoms. The maximum absolute atomic E-state index is 4.75. The molecule has 0 saturated carbocycles. The van der Waals surface area contributed by atoms with Crippen LogP contribution in [0.1, 0.15) is 44.6 Å². The van der Waals surface area contributed by atoms with Gasteiger partial charge in [-0.1, -0.05) is 13.8 Å². The average Bonchev–Trinajstić information content (AvgIpc) is 3.19. The van der Waals surface area contributed by atoms with E-state index in [-0.39, 0.29) is 5.92 Å². The van der Waals surface area contributed by atoms with Gasteiger partial charge in [-0.25, -0.2) is 9.97 Å². The number of aryl methyl sites for hydroxylation is 3. The molecular weight excluding hydrogens is 302 g/mol. The number of anilines is 1. The van der Waals surface area contributed by atoms with Crippen molar-refractivity contribution in [3.8, 4) is 0 Å². The van der Waals surface area contributed by atoms with Gasteiger partial charge in [0.05, 0.1) is 5.69 Å². The average molecular weight is 327 g/mol. The third-order valence-electron chi connectivity index (χ3n) is 4.00. The highest BCUT2D eigenvalue weighted by Gasteiger charge is 2.17. The number of nitrogens with zero attached hydrogens (tertiary/aromatic N) is 6. The number of aromatic nitrogens is 6. The lowest BCUT2D eigenvalue weighted by atomic mass is 10.2. The summed E-state index contributed by atoms with van der Waals surface area (Å²) in [5.74, 6) is 2.02. The van der Waals surface area contributed by atoms with E-state index in [1.165, 1.54) is 0 Å². The summed E-state index contributed by atoms with van der Waals surface area (Å²) in [5.41, 5.74) is 2.90. The molecular formula is C17H25N7. The van der Waals surface area contributed by atoms with Gasteiger partial charge in [0.15, 0.2) is 5.82 Å². The van der Waals surface area contributed by atoms with E-state index >= 15 is 0 Å². The Bertz CT molecular complexity index is 802. The van der Waals surface area contributed by atoms with E-state index < -0.39 is 0 Å². The largest absolute Gasteiger partial charge is 0.368 e. The van der Waals surface area contributed by atoms with Crippen molar-refractivity contribution in [3.63, 3.8) is 0 Å². The maximum atomic E-state index is 4.75. The topological polar surface area (TPSA) is 73.5 Å². The van der Waals surface area contributed by atoms with Crippen LogP contribution in [0.2, 0.25) is 0 Å². The monoisotopic (exact) mass is 327 g/mol. The third kappa shape index (κ3) is 3.25. The number of hydrogen-bond donors (Lipinski definition) is 1. The molecule has 0 aliphatic rings. The Morgan fingerprint density at radius 1 is 1.25 bits per heavy atom. The van der Waals surface area contributed by atoms with E-state index in [2.05, 4.69) is 36.3 Å². The molecule has 0 saturated heterocycles. The van der Waals surface area contributed by atoms with Gasteiger partial charge < -0.3 is 5.32 Å². The first-order valence-corrected chi connectivity index (χ1v) is 8.56. The van der Waals surface area contributed by atoms with Crippen LogP contribution in [0, 0.1) is 6.92 Å². The van der Waals surface area contributed by atoms with E-state index in [4.69, 9.17) is 9.97 Å². The molecule has 24 heavy (non-hydrogen) atoms. The second-order valence-corrected chi connectivity index (χ2v) is 6.23. The summed E-state index contributed by atoms with van der Waals surface area (Å²) < 4.78 is 3.92. The predicted octanol–water partition coefficient (Wildman–Crippen LogP) is 2.98. The van der Waals surface area contributed by atoms with Crippen molar-refractivity contribution in [2.45, 2.75) is 53.1 Å². The SMILES string of the molecule is CCn1nc(C)c2nc(C(C)C)nc(NCCCn3cccn3)c21. The fourth-order valence-electron chi connectivity index (χ4n) is 2.74. The summed E-state index contributed by atoms with van der Waals surface area (Å²) in [4.78, 5) is 9.48. The maximum Gasteiger partial charge on any atom is 0.156 e. The van der Waals surface area contributed by atoms with E-state index in [0.29, 0.717) is 0 Å². The molecule has 0 aromatic carbocycles. The van der Waals surface area contributed by atoms with Gasteiger partial charge in [-0.3, -0.25) is 9.36 Å². The molecule has 7 nitrogen and oxygen atoms in total. The van der Waals surface area contributed by atoms with Crippen molar-refractivity contribution >= 4 is 16.9 Å². The van der Waals surface area contributed by atoms with Crippen molar-refractivity contribution < 1.29 is 0 Å². The minimum atomic E-state index is 0.281. The van der Waals surface area contributed by atoms with Gasteiger partial charge >= 0.3 is 0 Å². The molecule has 0 fully saturated rings. The lowest BCUT2D eigenvalue weighted by Crippen LogP contribution is -2.11. The molecule has 1 N–H and O–H groups in total. The van der Waals surface area contributed by atoms with Gasteiger partial charge in [-0.15, -0.1) is 0 Å². The summed E-state index contributed by atoms with van der Waals surface area (Å²) in [5, 5.41) is 12.3. The van der Waals surface area contributed by atoms with Gasteiger partial charge in [0.25, 0.3) is 0 Å². The Labute approximate surface area is 142 Å². The molecule has 7 heteroatoms. The van der Waals surface area contributed by atoms with E-state index in [1.54, 1.807) is 6.20 Å². The lowest BCUT2D eigenvalue weighted by molar-refractivity contribution is 0.591. The Balaban J connectivity index is 1.84. The van der Waals surface area contributed by atoms with Crippen LogP contribution in [-0.2, 0) is 13.1 Å². The molecule has 128 valence electrons. The summed E-state index contributed by atoms with van der Waals surface area (Å²) in [6, 6.07) is 1.94. The Morgan fingerprint density at radius 2 is 2.08 bits per heavy atom. The van der Waals surface area contributed by atoms with Crippen molar-refractivity contribution in [1.82, 2.24) is 29.5 Å². The molecule has 3 aromatic rings. The van der Waals surface area contributed by atoms with Crippen LogP contribution in [-0.4, -0.2) is 36.1 Å². The third-order valence-corrected chi connectivity index (χ3v) is 4.00. The van der Waals surface area contributed by atoms with Crippen LogP contribution in [0.15, 0.2) is 18.5 Å². The number of nitrogens with one attached hydrogen (secondary N) is 1. The first kappa shape index (κ1) is 16.4. The molecule has 3 aromatic heterocycles. The highest BCUT2D eigenvalue weighted by Crippen LogP contribution is 2.25. The van der Waals surface area contributed by atoms with E-state index in [1.807, 2.05) is 28.6 Å². The van der Waals surface area contributed by atoms with Crippen LogP contribution < -0.4 is 5.32 Å². The van der Waals surface area contributed by atoms with E-state index in [9.17, 15) is 0 Å². The van der Waals surface area contributed by atoms with Gasteiger partial charge in [0.2, 0.25) is 0 Å². The number of rotatable bonds is 7. The fourth-order valence-corrected chi connectivity index (χ4v) is 2.74. The van der Waals surface area contributed by atoms with Crippen LogP contribution in [0.4, 0.5) is 5.82 Å². The number of hydrogen-bond acceptors (Lipinski definition) is 5. The van der Waals surface area contributed by atoms with Gasteiger partial charge in [-0.05, 0) is 26.3 Å². The molecule has 3 heterocycles. The highest BCUT2D eigenvalue weighted by molar-refractivity contribution is 5.87. The molecule has 0 bridgehead atoms. The zero-order chi connectivity index (χ0) is 17.1. The fraction of sp³-hybridized carbons (Fsp3) is 0.529. The summed E-state index contributed by atoms with van der Waals surface area (Å²) in [6.07, 6.45) is 4.76. The van der Waals surface area contributed by atoms with Gasteiger partial charge in [0, 0.05) is 37.9 Å². The normalized spacial score (nSPS) is 11.5. The first-order valence-electron chi connectivity index (χ1n) is 8.56. The second kappa shape index (κ2) is 6.98. The Hall–Kier alpha value is -2.44. The van der Waals surface area contributed by atoms with E-state index in [0.717, 1.165) is 54.4 Å². The minimum Gasteiger partial charge on any atom is -0.368 e. The van der Waals surface area contributed by atoms with Crippen molar-refractivity contribution in [3.05, 3.63) is 30.0 Å². The van der Waals surface area contributed by atoms with Crippen LogP contribution >= 0.6 is 0 Å². The molecule has 0 radical (unpaired) electrons. The Morgan fingerprint density at radius 3 is 2.75 bits per heavy atom. The summed E-state index contributed by atoms with van der Waals surface area (Å²) >= 11 is 0. The lowest BCUT2D eigenvalue weighted by Gasteiger charge is -2.12. The molecule has 0 unspecified atom stereocenters. The van der Waals surface area contributed by atoms with Crippen LogP contribution in [0.5, 0.6) is 0 Å². The quantitative estimate of drug-likeness (QED) is 0.675. The molecule has 0 aliphatic heterocycles. The molecule has 3 rings (SSSR count). The minimum absolute atomic E-state index is 0.281. The summed E-state index contributed by atoms with van der Waals surface area (Å²) in [6.45, 7) is 10.8. The van der Waals surface area contributed by atoms with Crippen LogP contribution in [0.3, 0.4) is 0 Å². The highest BCUT2D eigenvalue weighted by atomic mass is 15.3. The second-order valence-electron chi connectivity index (χ2n) is 6.23. The van der Waals surface area contributed by atoms with Crippen LogP contribution in [0.25, 0.3) is 11.0 Å². The molecule has 0 aliphatic carbocycles. The predicted molar refractivity (Wildman–Crippen MR) is 95.2 cm³/mol. The van der Waals surface area contributed by atoms with Crippen molar-refractivity contribution in [2.75, 3.05) is 11.9 Å². The zero-order valence-electron chi connectivity index (χ0n) is 14.8. The number of fused-ring (bicyclic) bond motifs is 1. The molecule has 0 amide bonds. The van der Waals surface area contributed by atoms with Gasteiger partial charge in [0.1, 0.15) is 16.9 Å². The smallest absolute Gasteiger partial charge is 0.156 e. The zero-order valence-corrected chi connectivity index (χ0v) is 14.8.